The van der Waals surface area contributed by atoms with Gasteiger partial charge in [-0.25, -0.2) is 0 Å². The second kappa shape index (κ2) is 2.27. The second-order valence-corrected chi connectivity index (χ2v) is 2.24. The molecule has 0 radical (unpaired) electrons. The highest BCUT2D eigenvalue weighted by Crippen LogP contribution is 2.17. The molecular formula is C7H8O3. The van der Waals surface area contributed by atoms with Crippen molar-refractivity contribution in [1.82, 2.24) is 0 Å². The first-order valence-electron chi connectivity index (χ1n) is 2.89. The molecule has 0 bridgehead atoms. The Morgan fingerprint density at radius 3 is 2.90 bits per heavy atom. The van der Waals surface area contributed by atoms with E-state index in [2.05, 4.69) is 0 Å². The zero-order chi connectivity index (χ0) is 7.61. The number of hydrogen-bond acceptors (Lipinski definition) is 3. The maximum absolute atomic E-state index is 10.2. The molecule has 1 aromatic heterocycles. The molecule has 0 aliphatic rings. The average molecular weight is 140 g/mol. The molecule has 3 heteroatoms. The van der Waals surface area contributed by atoms with Gasteiger partial charge in [-0.2, -0.15) is 0 Å². The van der Waals surface area contributed by atoms with Gasteiger partial charge in [0, 0.05) is 0 Å². The van der Waals surface area contributed by atoms with E-state index in [1.807, 2.05) is 0 Å². The molecule has 1 unspecified atom stereocenters. The fraction of sp³-hybridized carbons (Fsp3) is 0.286. The van der Waals surface area contributed by atoms with Crippen LogP contribution >= 0.6 is 0 Å². The molecule has 0 saturated carbocycles. The monoisotopic (exact) mass is 140 g/mol. The zero-order valence-electron chi connectivity index (χ0n) is 5.57. The van der Waals surface area contributed by atoms with Gasteiger partial charge in [0.05, 0.1) is 6.26 Å². The predicted octanol–water partition coefficient (Wildman–Crippen LogP) is 0.686. The SMILES string of the molecule is CC(O)(C=O)c1ccco1. The molecule has 0 spiro atoms. The van der Waals surface area contributed by atoms with E-state index in [0.29, 0.717) is 6.29 Å². The smallest absolute Gasteiger partial charge is 0.174 e. The minimum atomic E-state index is -1.48. The summed E-state index contributed by atoms with van der Waals surface area (Å²) in [6, 6.07) is 3.17. The number of carbonyl (C=O) groups is 1. The van der Waals surface area contributed by atoms with E-state index in [1.54, 1.807) is 12.1 Å². The van der Waals surface area contributed by atoms with E-state index >= 15 is 0 Å². The Hall–Kier alpha value is -1.09. The van der Waals surface area contributed by atoms with Crippen molar-refractivity contribution in [2.45, 2.75) is 12.5 Å². The Labute approximate surface area is 58.3 Å². The first-order chi connectivity index (χ1) is 4.67. The Balaban J connectivity index is 2.95. The Morgan fingerprint density at radius 2 is 2.50 bits per heavy atom. The molecule has 1 N–H and O–H groups in total. The molecule has 1 atom stereocenters. The van der Waals surface area contributed by atoms with Crippen LogP contribution in [0.2, 0.25) is 0 Å². The van der Waals surface area contributed by atoms with Crippen LogP contribution in [0.15, 0.2) is 22.8 Å². The van der Waals surface area contributed by atoms with E-state index in [1.165, 1.54) is 13.2 Å². The number of furan rings is 1. The summed E-state index contributed by atoms with van der Waals surface area (Å²) in [5.74, 6) is 0.266. The summed E-state index contributed by atoms with van der Waals surface area (Å²) in [4.78, 5) is 10.2. The van der Waals surface area contributed by atoms with Gasteiger partial charge in [-0.1, -0.05) is 0 Å². The topological polar surface area (TPSA) is 50.4 Å². The van der Waals surface area contributed by atoms with E-state index in [0.717, 1.165) is 0 Å². The lowest BCUT2D eigenvalue weighted by atomic mass is 10.1. The van der Waals surface area contributed by atoms with Gasteiger partial charge in [-0.15, -0.1) is 0 Å². The maximum Gasteiger partial charge on any atom is 0.174 e. The van der Waals surface area contributed by atoms with Gasteiger partial charge in [-0.05, 0) is 19.1 Å². The van der Waals surface area contributed by atoms with Crippen LogP contribution in [-0.4, -0.2) is 11.4 Å². The Morgan fingerprint density at radius 1 is 1.80 bits per heavy atom. The van der Waals surface area contributed by atoms with Crippen LogP contribution in [0.5, 0.6) is 0 Å². The van der Waals surface area contributed by atoms with Crippen LogP contribution in [0.3, 0.4) is 0 Å². The number of aliphatic hydroxyl groups is 1. The summed E-state index contributed by atoms with van der Waals surface area (Å²) in [5.41, 5.74) is -1.48. The van der Waals surface area contributed by atoms with Gasteiger partial charge in [0.25, 0.3) is 0 Å². The van der Waals surface area contributed by atoms with Gasteiger partial charge >= 0.3 is 0 Å². The van der Waals surface area contributed by atoms with Crippen molar-refractivity contribution in [2.75, 3.05) is 0 Å². The van der Waals surface area contributed by atoms with Gasteiger partial charge in [0.1, 0.15) is 5.76 Å². The molecule has 0 aliphatic carbocycles. The quantitative estimate of drug-likeness (QED) is 0.615. The third-order valence-electron chi connectivity index (χ3n) is 1.25. The molecule has 10 heavy (non-hydrogen) atoms. The van der Waals surface area contributed by atoms with Crippen molar-refractivity contribution in [3.8, 4) is 0 Å². The van der Waals surface area contributed by atoms with Gasteiger partial charge in [-0.3, -0.25) is 4.79 Å². The van der Waals surface area contributed by atoms with Crippen LogP contribution in [0.1, 0.15) is 12.7 Å². The van der Waals surface area contributed by atoms with Crippen molar-refractivity contribution in [3.63, 3.8) is 0 Å². The lowest BCUT2D eigenvalue weighted by molar-refractivity contribution is -0.124. The maximum atomic E-state index is 10.2. The normalized spacial score (nSPS) is 16.2. The lowest BCUT2D eigenvalue weighted by Crippen LogP contribution is -2.21. The fourth-order valence-electron chi connectivity index (χ4n) is 0.625. The molecule has 0 amide bonds. The summed E-state index contributed by atoms with van der Waals surface area (Å²) in [5, 5.41) is 9.22. The van der Waals surface area contributed by atoms with Crippen LogP contribution in [-0.2, 0) is 10.4 Å². The minimum Gasteiger partial charge on any atom is -0.466 e. The van der Waals surface area contributed by atoms with Gasteiger partial charge in [0.15, 0.2) is 11.9 Å². The standard InChI is InChI=1S/C7H8O3/c1-7(9,5-8)6-3-2-4-10-6/h2-5,9H,1H3. The van der Waals surface area contributed by atoms with Crippen LogP contribution in [0.4, 0.5) is 0 Å². The molecule has 0 aliphatic heterocycles. The van der Waals surface area contributed by atoms with E-state index < -0.39 is 5.60 Å². The summed E-state index contributed by atoms with van der Waals surface area (Å²) >= 11 is 0. The van der Waals surface area contributed by atoms with Crippen LogP contribution in [0, 0.1) is 0 Å². The third-order valence-corrected chi connectivity index (χ3v) is 1.25. The second-order valence-electron chi connectivity index (χ2n) is 2.24. The van der Waals surface area contributed by atoms with Gasteiger partial charge in [0.2, 0.25) is 0 Å². The third kappa shape index (κ3) is 1.09. The van der Waals surface area contributed by atoms with E-state index in [4.69, 9.17) is 4.42 Å². The molecule has 0 saturated heterocycles. The van der Waals surface area contributed by atoms with Crippen molar-refractivity contribution in [3.05, 3.63) is 24.2 Å². The average Bonchev–Trinajstić information content (AvgIpc) is 2.38. The molecule has 3 nitrogen and oxygen atoms in total. The zero-order valence-corrected chi connectivity index (χ0v) is 5.57. The molecule has 1 rings (SSSR count). The van der Waals surface area contributed by atoms with Crippen molar-refractivity contribution in [2.24, 2.45) is 0 Å². The molecule has 1 aromatic rings. The van der Waals surface area contributed by atoms with Crippen LogP contribution < -0.4 is 0 Å². The molecule has 0 aromatic carbocycles. The highest BCUT2D eigenvalue weighted by atomic mass is 16.4. The molecular weight excluding hydrogens is 132 g/mol. The molecule has 1 heterocycles. The van der Waals surface area contributed by atoms with E-state index in [9.17, 15) is 9.90 Å². The molecule has 54 valence electrons. The number of rotatable bonds is 2. The lowest BCUT2D eigenvalue weighted by Gasteiger charge is -2.10. The predicted molar refractivity (Wildman–Crippen MR) is 34.3 cm³/mol. The van der Waals surface area contributed by atoms with Crippen molar-refractivity contribution >= 4 is 6.29 Å². The Bertz CT molecular complexity index is 211. The fourth-order valence-corrected chi connectivity index (χ4v) is 0.625. The van der Waals surface area contributed by atoms with Crippen molar-refractivity contribution < 1.29 is 14.3 Å². The number of hydrogen-bond donors (Lipinski definition) is 1. The minimum absolute atomic E-state index is 0.266. The highest BCUT2D eigenvalue weighted by molar-refractivity contribution is 5.63. The summed E-state index contributed by atoms with van der Waals surface area (Å²) < 4.78 is 4.81. The highest BCUT2D eigenvalue weighted by Gasteiger charge is 2.24. The largest absolute Gasteiger partial charge is 0.466 e. The number of carbonyl (C=O) groups excluding carboxylic acids is 1. The van der Waals surface area contributed by atoms with Crippen molar-refractivity contribution in [1.29, 1.82) is 0 Å². The van der Waals surface area contributed by atoms with Gasteiger partial charge < -0.3 is 9.52 Å². The van der Waals surface area contributed by atoms with Crippen LogP contribution in [0.25, 0.3) is 0 Å². The van der Waals surface area contributed by atoms with E-state index in [-0.39, 0.29) is 5.76 Å². The summed E-state index contributed by atoms with van der Waals surface area (Å²) in [7, 11) is 0. The number of aldehydes is 1. The Kier molecular flexibility index (Phi) is 1.59. The summed E-state index contributed by atoms with van der Waals surface area (Å²) in [6.45, 7) is 1.37. The molecule has 0 fully saturated rings. The first-order valence-corrected chi connectivity index (χ1v) is 2.89. The summed E-state index contributed by atoms with van der Waals surface area (Å²) in [6.07, 6.45) is 1.85. The first kappa shape index (κ1) is 7.02.